The summed E-state index contributed by atoms with van der Waals surface area (Å²) in [6.07, 6.45) is 3.75. The van der Waals surface area contributed by atoms with E-state index in [-0.39, 0.29) is 5.91 Å². The van der Waals surface area contributed by atoms with Crippen molar-refractivity contribution in [3.63, 3.8) is 0 Å². The van der Waals surface area contributed by atoms with Crippen molar-refractivity contribution >= 4 is 17.2 Å². The zero-order valence-electron chi connectivity index (χ0n) is 11.1. The van der Waals surface area contributed by atoms with Gasteiger partial charge in [0.2, 0.25) is 5.91 Å². The Labute approximate surface area is 118 Å². The molecule has 0 radical (unpaired) electrons. The molecule has 0 aliphatic carbocycles. The third-order valence-corrected chi connectivity index (χ3v) is 4.89. The van der Waals surface area contributed by atoms with Gasteiger partial charge in [-0.1, -0.05) is 6.07 Å². The molecule has 2 N–H and O–H groups in total. The summed E-state index contributed by atoms with van der Waals surface area (Å²) in [5.41, 5.74) is 0. The molecule has 2 bridgehead atoms. The fraction of sp³-hybridized carbons (Fsp3) is 0.643. The van der Waals surface area contributed by atoms with Gasteiger partial charge < -0.3 is 10.6 Å². The summed E-state index contributed by atoms with van der Waals surface area (Å²) in [7, 11) is 0. The predicted molar refractivity (Wildman–Crippen MR) is 77.2 cm³/mol. The van der Waals surface area contributed by atoms with E-state index in [4.69, 9.17) is 0 Å². The highest BCUT2D eigenvalue weighted by molar-refractivity contribution is 7.09. The van der Waals surface area contributed by atoms with Gasteiger partial charge in [-0.2, -0.15) is 0 Å². The van der Waals surface area contributed by atoms with E-state index in [0.29, 0.717) is 25.2 Å². The smallest absolute Gasteiger partial charge is 0.234 e. The van der Waals surface area contributed by atoms with E-state index in [9.17, 15) is 4.79 Å². The van der Waals surface area contributed by atoms with Gasteiger partial charge in [0.15, 0.2) is 0 Å². The molecule has 5 heteroatoms. The number of carbonyl (C=O) groups excluding carboxylic acids is 1. The van der Waals surface area contributed by atoms with E-state index >= 15 is 0 Å². The highest BCUT2D eigenvalue weighted by Crippen LogP contribution is 2.20. The summed E-state index contributed by atoms with van der Waals surface area (Å²) in [6.45, 7) is 3.26. The van der Waals surface area contributed by atoms with Crippen molar-refractivity contribution in [3.8, 4) is 0 Å². The molecule has 2 saturated heterocycles. The van der Waals surface area contributed by atoms with E-state index < -0.39 is 0 Å². The fourth-order valence-electron chi connectivity index (χ4n) is 3.02. The van der Waals surface area contributed by atoms with Gasteiger partial charge in [0.05, 0.1) is 13.1 Å². The molecule has 2 atom stereocenters. The summed E-state index contributed by atoms with van der Waals surface area (Å²) in [5.74, 6) is 0.145. The van der Waals surface area contributed by atoms with Crippen LogP contribution < -0.4 is 10.6 Å². The number of nitrogens with zero attached hydrogens (tertiary/aromatic N) is 1. The van der Waals surface area contributed by atoms with Crippen LogP contribution in [0.1, 0.15) is 24.1 Å². The maximum Gasteiger partial charge on any atom is 0.234 e. The second-order valence-corrected chi connectivity index (χ2v) is 6.55. The van der Waals surface area contributed by atoms with Crippen LogP contribution in [0.15, 0.2) is 17.5 Å². The molecular formula is C14H21N3OS. The molecule has 1 aromatic heterocycles. The first kappa shape index (κ1) is 13.1. The lowest BCUT2D eigenvalue weighted by molar-refractivity contribution is -0.122. The number of likely N-dealkylation sites (tertiary alicyclic amines) is 1. The van der Waals surface area contributed by atoms with Crippen molar-refractivity contribution in [1.82, 2.24) is 15.5 Å². The van der Waals surface area contributed by atoms with Gasteiger partial charge in [-0.3, -0.25) is 9.69 Å². The van der Waals surface area contributed by atoms with Crippen molar-refractivity contribution in [2.75, 3.05) is 19.6 Å². The Bertz CT molecular complexity index is 420. The molecule has 3 rings (SSSR count). The maximum absolute atomic E-state index is 12.0. The van der Waals surface area contributed by atoms with Gasteiger partial charge in [0, 0.05) is 30.1 Å². The maximum atomic E-state index is 12.0. The molecule has 0 saturated carbocycles. The third-order valence-electron chi connectivity index (χ3n) is 4.01. The minimum absolute atomic E-state index is 0.145. The Kier molecular flexibility index (Phi) is 4.15. The second kappa shape index (κ2) is 6.03. The van der Waals surface area contributed by atoms with Gasteiger partial charge in [-0.05, 0) is 30.7 Å². The number of hydrogen-bond acceptors (Lipinski definition) is 4. The monoisotopic (exact) mass is 279 g/mol. The van der Waals surface area contributed by atoms with Crippen LogP contribution >= 0.6 is 11.3 Å². The summed E-state index contributed by atoms with van der Waals surface area (Å²) < 4.78 is 0. The first-order valence-electron chi connectivity index (χ1n) is 7.07. The first-order valence-corrected chi connectivity index (χ1v) is 7.95. The number of fused-ring (bicyclic) bond motifs is 2. The minimum atomic E-state index is 0.145. The quantitative estimate of drug-likeness (QED) is 0.870. The number of hydrogen-bond donors (Lipinski definition) is 2. The third kappa shape index (κ3) is 3.55. The lowest BCUT2D eigenvalue weighted by atomic mass is 10.1. The summed E-state index contributed by atoms with van der Waals surface area (Å²) in [4.78, 5) is 15.5. The average Bonchev–Trinajstić information content (AvgIpc) is 2.99. The van der Waals surface area contributed by atoms with Crippen molar-refractivity contribution in [2.45, 2.75) is 37.9 Å². The number of nitrogens with one attached hydrogen (secondary N) is 2. The lowest BCUT2D eigenvalue weighted by Crippen LogP contribution is -2.41. The topological polar surface area (TPSA) is 44.4 Å². The van der Waals surface area contributed by atoms with E-state index in [1.165, 1.54) is 24.1 Å². The van der Waals surface area contributed by atoms with E-state index in [1.54, 1.807) is 11.3 Å². The normalized spacial score (nSPS) is 27.2. The summed E-state index contributed by atoms with van der Waals surface area (Å²) in [5, 5.41) is 8.69. The van der Waals surface area contributed by atoms with E-state index in [1.807, 2.05) is 11.4 Å². The highest BCUT2D eigenvalue weighted by Gasteiger charge is 2.29. The van der Waals surface area contributed by atoms with Crippen LogP contribution in [-0.2, 0) is 11.3 Å². The second-order valence-electron chi connectivity index (χ2n) is 5.52. The lowest BCUT2D eigenvalue weighted by Gasteiger charge is -2.23. The predicted octanol–water partition coefficient (Wildman–Crippen LogP) is 1.19. The van der Waals surface area contributed by atoms with Crippen LogP contribution in [0.4, 0.5) is 0 Å². The molecule has 0 spiro atoms. The van der Waals surface area contributed by atoms with Gasteiger partial charge in [0.1, 0.15) is 0 Å². The van der Waals surface area contributed by atoms with Crippen LogP contribution in [0.2, 0.25) is 0 Å². The van der Waals surface area contributed by atoms with E-state index in [2.05, 4.69) is 21.6 Å². The van der Waals surface area contributed by atoms with Crippen LogP contribution in [0.5, 0.6) is 0 Å². The zero-order chi connectivity index (χ0) is 13.1. The summed E-state index contributed by atoms with van der Waals surface area (Å²) in [6, 6.07) is 5.35. The molecule has 19 heavy (non-hydrogen) atoms. The molecule has 2 fully saturated rings. The number of carbonyl (C=O) groups is 1. The van der Waals surface area contributed by atoms with Crippen molar-refractivity contribution in [2.24, 2.45) is 0 Å². The molecule has 1 aromatic rings. The Morgan fingerprint density at radius 1 is 1.42 bits per heavy atom. The van der Waals surface area contributed by atoms with Crippen LogP contribution in [0.25, 0.3) is 0 Å². The van der Waals surface area contributed by atoms with Gasteiger partial charge in [-0.25, -0.2) is 0 Å². The summed E-state index contributed by atoms with van der Waals surface area (Å²) >= 11 is 1.69. The minimum Gasteiger partial charge on any atom is -0.350 e. The molecule has 104 valence electrons. The molecule has 3 heterocycles. The fourth-order valence-corrected chi connectivity index (χ4v) is 3.66. The van der Waals surface area contributed by atoms with Gasteiger partial charge >= 0.3 is 0 Å². The largest absolute Gasteiger partial charge is 0.350 e. The molecule has 0 aromatic carbocycles. The Hall–Kier alpha value is -0.910. The van der Waals surface area contributed by atoms with Crippen molar-refractivity contribution in [3.05, 3.63) is 22.4 Å². The van der Waals surface area contributed by atoms with Gasteiger partial charge in [-0.15, -0.1) is 11.3 Å². The van der Waals surface area contributed by atoms with E-state index in [0.717, 1.165) is 13.1 Å². The van der Waals surface area contributed by atoms with Crippen LogP contribution in [-0.4, -0.2) is 42.5 Å². The van der Waals surface area contributed by atoms with Crippen LogP contribution in [0, 0.1) is 0 Å². The molecular weight excluding hydrogens is 258 g/mol. The highest BCUT2D eigenvalue weighted by atomic mass is 32.1. The molecule has 2 aliphatic heterocycles. The number of thiophene rings is 1. The van der Waals surface area contributed by atoms with Crippen molar-refractivity contribution in [1.29, 1.82) is 0 Å². The molecule has 2 unspecified atom stereocenters. The number of amides is 1. The van der Waals surface area contributed by atoms with Crippen molar-refractivity contribution < 1.29 is 4.79 Å². The zero-order valence-corrected chi connectivity index (χ0v) is 11.9. The van der Waals surface area contributed by atoms with Gasteiger partial charge in [0.25, 0.3) is 0 Å². The Morgan fingerprint density at radius 2 is 2.32 bits per heavy atom. The first-order chi connectivity index (χ1) is 9.29. The SMILES string of the molecule is O=C(CN1CCC2CCC(C1)N2)NCc1cccs1. The molecule has 2 aliphatic rings. The Balaban J connectivity index is 1.44. The molecule has 1 amide bonds. The Morgan fingerprint density at radius 3 is 3.16 bits per heavy atom. The van der Waals surface area contributed by atoms with Crippen LogP contribution in [0.3, 0.4) is 0 Å². The molecule has 4 nitrogen and oxygen atoms in total. The number of rotatable bonds is 4. The standard InChI is InChI=1S/C14H21N3OS/c18-14(15-8-13-2-1-7-19-13)10-17-6-5-11-3-4-12(9-17)16-11/h1-2,7,11-12,16H,3-6,8-10H2,(H,15,18). The average molecular weight is 279 g/mol.